The number of benzene rings is 1. The van der Waals surface area contributed by atoms with E-state index in [2.05, 4.69) is 4.98 Å². The molecule has 0 atom stereocenters. The number of hydrogen-bond acceptors (Lipinski definition) is 4. The van der Waals surface area contributed by atoms with Gasteiger partial charge in [-0.3, -0.25) is 4.79 Å². The van der Waals surface area contributed by atoms with Crippen LogP contribution in [-0.4, -0.2) is 20.6 Å². The Hall–Kier alpha value is -2.08. The molecule has 2 rings (SSSR count). The van der Waals surface area contributed by atoms with E-state index in [1.807, 2.05) is 0 Å². The number of carbonyl (C=O) groups is 1. The monoisotopic (exact) mass is 276 g/mol. The maximum absolute atomic E-state index is 11.8. The third kappa shape index (κ3) is 2.85. The van der Waals surface area contributed by atoms with E-state index in [9.17, 15) is 9.59 Å². The minimum Gasteiger partial charge on any atom is -0.478 e. The molecule has 0 fully saturated rings. The zero-order valence-electron chi connectivity index (χ0n) is 10.5. The van der Waals surface area contributed by atoms with Crippen LogP contribution in [0.1, 0.15) is 15.9 Å². The Labute approximate surface area is 113 Å². The second-order valence-electron chi connectivity index (χ2n) is 4.03. The number of hydrogen-bond donors (Lipinski definition) is 1. The molecule has 0 amide bonds. The third-order valence-corrected chi connectivity index (χ3v) is 3.60. The van der Waals surface area contributed by atoms with Crippen LogP contribution in [0.2, 0.25) is 0 Å². The normalized spacial score (nSPS) is 10.4. The van der Waals surface area contributed by atoms with Gasteiger partial charge in [-0.2, -0.15) is 0 Å². The van der Waals surface area contributed by atoms with E-state index in [0.717, 1.165) is 11.8 Å². The fourth-order valence-electron chi connectivity index (χ4n) is 1.55. The van der Waals surface area contributed by atoms with Crippen LogP contribution in [-0.2, 0) is 7.05 Å². The molecular formula is C13H12N2O3S. The Bertz CT molecular complexity index is 695. The molecule has 0 saturated carbocycles. The zero-order chi connectivity index (χ0) is 14.0. The van der Waals surface area contributed by atoms with E-state index in [4.69, 9.17) is 5.11 Å². The first-order valence-electron chi connectivity index (χ1n) is 5.52. The van der Waals surface area contributed by atoms with Crippen LogP contribution in [0.25, 0.3) is 0 Å². The van der Waals surface area contributed by atoms with Gasteiger partial charge in [0.05, 0.1) is 5.56 Å². The molecule has 19 heavy (non-hydrogen) atoms. The van der Waals surface area contributed by atoms with Crippen molar-refractivity contribution in [3.8, 4) is 0 Å². The van der Waals surface area contributed by atoms with Crippen molar-refractivity contribution in [1.82, 2.24) is 9.55 Å². The van der Waals surface area contributed by atoms with Gasteiger partial charge in [0.25, 0.3) is 5.56 Å². The molecule has 1 heterocycles. The number of carboxylic acids is 1. The second kappa shape index (κ2) is 5.27. The van der Waals surface area contributed by atoms with E-state index in [0.29, 0.717) is 15.5 Å². The molecule has 0 aliphatic carbocycles. The predicted molar refractivity (Wildman–Crippen MR) is 71.7 cm³/mol. The molecule has 1 N–H and O–H groups in total. The van der Waals surface area contributed by atoms with Gasteiger partial charge < -0.3 is 9.67 Å². The summed E-state index contributed by atoms with van der Waals surface area (Å²) in [6.45, 7) is 1.73. The maximum Gasteiger partial charge on any atom is 0.335 e. The zero-order valence-corrected chi connectivity index (χ0v) is 11.3. The lowest BCUT2D eigenvalue weighted by Gasteiger charge is -2.05. The van der Waals surface area contributed by atoms with Crippen molar-refractivity contribution in [2.45, 2.75) is 16.8 Å². The van der Waals surface area contributed by atoms with E-state index in [1.54, 1.807) is 38.4 Å². The third-order valence-electron chi connectivity index (χ3n) is 2.64. The first kappa shape index (κ1) is 13.4. The number of aromatic carboxylic acids is 1. The lowest BCUT2D eigenvalue weighted by molar-refractivity contribution is 0.0696. The Kier molecular flexibility index (Phi) is 3.71. The Morgan fingerprint density at radius 1 is 1.42 bits per heavy atom. The molecule has 0 bridgehead atoms. The van der Waals surface area contributed by atoms with Crippen molar-refractivity contribution in [1.29, 1.82) is 0 Å². The summed E-state index contributed by atoms with van der Waals surface area (Å²) in [6.07, 6.45) is 3.11. The number of nitrogens with zero attached hydrogens (tertiary/aromatic N) is 2. The van der Waals surface area contributed by atoms with Gasteiger partial charge in [-0.1, -0.05) is 17.8 Å². The summed E-state index contributed by atoms with van der Waals surface area (Å²) in [5.74, 6) is -0.978. The largest absolute Gasteiger partial charge is 0.478 e. The molecule has 0 aliphatic rings. The van der Waals surface area contributed by atoms with Gasteiger partial charge in [0.1, 0.15) is 0 Å². The SMILES string of the molecule is Cc1ccc(Sc2nccn(C)c2=O)cc1C(=O)O. The topological polar surface area (TPSA) is 72.2 Å². The molecule has 2 aromatic rings. The van der Waals surface area contributed by atoms with Crippen molar-refractivity contribution < 1.29 is 9.90 Å². The highest BCUT2D eigenvalue weighted by atomic mass is 32.2. The molecule has 0 radical (unpaired) electrons. The first-order valence-corrected chi connectivity index (χ1v) is 6.34. The van der Waals surface area contributed by atoms with Crippen molar-refractivity contribution in [2.75, 3.05) is 0 Å². The smallest absolute Gasteiger partial charge is 0.335 e. The quantitative estimate of drug-likeness (QED) is 0.927. The Balaban J connectivity index is 2.39. The highest BCUT2D eigenvalue weighted by molar-refractivity contribution is 7.99. The number of aryl methyl sites for hydroxylation is 2. The predicted octanol–water partition coefficient (Wildman–Crippen LogP) is 1.94. The van der Waals surface area contributed by atoms with Gasteiger partial charge in [-0.25, -0.2) is 9.78 Å². The first-order chi connectivity index (χ1) is 8.99. The minimum atomic E-state index is -0.978. The molecule has 0 saturated heterocycles. The van der Waals surface area contributed by atoms with Crippen LogP contribution in [0.3, 0.4) is 0 Å². The van der Waals surface area contributed by atoms with Crippen molar-refractivity contribution in [3.63, 3.8) is 0 Å². The Morgan fingerprint density at radius 2 is 2.16 bits per heavy atom. The molecule has 1 aromatic heterocycles. The summed E-state index contributed by atoms with van der Waals surface area (Å²) in [4.78, 5) is 27.6. The molecular weight excluding hydrogens is 264 g/mol. The highest BCUT2D eigenvalue weighted by Crippen LogP contribution is 2.25. The van der Waals surface area contributed by atoms with Gasteiger partial charge in [-0.15, -0.1) is 0 Å². The molecule has 0 unspecified atom stereocenters. The highest BCUT2D eigenvalue weighted by Gasteiger charge is 2.10. The lowest BCUT2D eigenvalue weighted by atomic mass is 10.1. The van der Waals surface area contributed by atoms with Crippen LogP contribution in [0.5, 0.6) is 0 Å². The Morgan fingerprint density at radius 3 is 2.84 bits per heavy atom. The van der Waals surface area contributed by atoms with E-state index < -0.39 is 5.97 Å². The van der Waals surface area contributed by atoms with E-state index >= 15 is 0 Å². The minimum absolute atomic E-state index is 0.204. The summed E-state index contributed by atoms with van der Waals surface area (Å²) >= 11 is 1.16. The fraction of sp³-hybridized carbons (Fsp3) is 0.154. The second-order valence-corrected chi connectivity index (χ2v) is 5.09. The molecule has 6 heteroatoms. The molecule has 0 spiro atoms. The van der Waals surface area contributed by atoms with Crippen LogP contribution in [0, 0.1) is 6.92 Å². The summed E-state index contributed by atoms with van der Waals surface area (Å²) in [6, 6.07) is 5.05. The van der Waals surface area contributed by atoms with E-state index in [-0.39, 0.29) is 11.1 Å². The van der Waals surface area contributed by atoms with Crippen LogP contribution in [0.4, 0.5) is 0 Å². The average Bonchev–Trinajstić information content (AvgIpc) is 2.37. The van der Waals surface area contributed by atoms with Crippen LogP contribution >= 0.6 is 11.8 Å². The fourth-order valence-corrected chi connectivity index (χ4v) is 2.43. The van der Waals surface area contributed by atoms with E-state index in [1.165, 1.54) is 10.8 Å². The van der Waals surface area contributed by atoms with Gasteiger partial charge in [-0.05, 0) is 24.6 Å². The molecule has 1 aromatic carbocycles. The van der Waals surface area contributed by atoms with Crippen LogP contribution in [0.15, 0.2) is 45.3 Å². The lowest BCUT2D eigenvalue weighted by Crippen LogP contribution is -2.18. The molecule has 5 nitrogen and oxygen atoms in total. The van der Waals surface area contributed by atoms with Crippen molar-refractivity contribution in [3.05, 3.63) is 52.1 Å². The van der Waals surface area contributed by atoms with Crippen molar-refractivity contribution in [2.24, 2.45) is 7.05 Å². The molecule has 0 aliphatic heterocycles. The van der Waals surface area contributed by atoms with Gasteiger partial charge in [0.15, 0.2) is 5.03 Å². The standard InChI is InChI=1S/C13H12N2O3S/c1-8-3-4-9(7-10(8)13(17)18)19-11-12(16)15(2)6-5-14-11/h3-7H,1-2H3,(H,17,18). The van der Waals surface area contributed by atoms with Gasteiger partial charge in [0, 0.05) is 24.3 Å². The number of carboxylic acid groups (broad SMARTS) is 1. The van der Waals surface area contributed by atoms with Crippen molar-refractivity contribution >= 4 is 17.7 Å². The van der Waals surface area contributed by atoms with Crippen LogP contribution < -0.4 is 5.56 Å². The average molecular weight is 276 g/mol. The summed E-state index contributed by atoms with van der Waals surface area (Å²) in [7, 11) is 1.64. The maximum atomic E-state index is 11.8. The molecule has 98 valence electrons. The number of rotatable bonds is 3. The van der Waals surface area contributed by atoms with Gasteiger partial charge >= 0.3 is 5.97 Å². The summed E-state index contributed by atoms with van der Waals surface area (Å²) in [5.41, 5.74) is 0.716. The number of aromatic nitrogens is 2. The summed E-state index contributed by atoms with van der Waals surface area (Å²) in [5, 5.41) is 9.39. The summed E-state index contributed by atoms with van der Waals surface area (Å²) < 4.78 is 1.43. The van der Waals surface area contributed by atoms with Gasteiger partial charge in [0.2, 0.25) is 0 Å².